The van der Waals surface area contributed by atoms with Crippen LogP contribution < -0.4 is 38.7 Å². The molecule has 11 atom stereocenters. The van der Waals surface area contributed by atoms with Crippen LogP contribution in [-0.4, -0.2) is 62.6 Å². The van der Waals surface area contributed by atoms with Crippen molar-refractivity contribution in [3.8, 4) is 0 Å². The molecule has 11 nitrogen and oxygen atoms in total. The first-order valence-electron chi connectivity index (χ1n) is 21.8. The molecule has 348 valence electrons. The number of benzene rings is 2. The van der Waals surface area contributed by atoms with Gasteiger partial charge in [-0.1, -0.05) is 20.8 Å². The van der Waals surface area contributed by atoms with Gasteiger partial charge in [0.2, 0.25) is 0 Å². The maximum absolute atomic E-state index is 13.9. The summed E-state index contributed by atoms with van der Waals surface area (Å²) in [5, 5.41) is 12.4. The second-order valence-corrected chi connectivity index (χ2v) is 18.5. The molecule has 5 aliphatic rings. The van der Waals surface area contributed by atoms with Crippen LogP contribution in [0.15, 0.2) is 48.5 Å². The van der Waals surface area contributed by atoms with Gasteiger partial charge in [0.1, 0.15) is 12.2 Å². The minimum atomic E-state index is -4.54. The Balaban J connectivity index is 0.00000661. The van der Waals surface area contributed by atoms with Gasteiger partial charge in [-0.3, -0.25) is 31.1 Å². The van der Waals surface area contributed by atoms with E-state index in [4.69, 9.17) is 14.2 Å². The van der Waals surface area contributed by atoms with Gasteiger partial charge in [0.05, 0.1) is 37.4 Å². The lowest BCUT2D eigenvalue weighted by molar-refractivity contribution is -0.467. The number of amides is 2. The Kier molecular flexibility index (Phi) is 14.5. The van der Waals surface area contributed by atoms with E-state index in [0.29, 0.717) is 19.3 Å². The normalized spacial score (nSPS) is 31.8. The summed E-state index contributed by atoms with van der Waals surface area (Å²) < 4.78 is 97.8. The highest BCUT2D eigenvalue weighted by atomic mass is 35.5. The summed E-state index contributed by atoms with van der Waals surface area (Å²) in [6.07, 6.45) is -5.16. The highest BCUT2D eigenvalue weighted by Gasteiger charge is 2.68. The summed E-state index contributed by atoms with van der Waals surface area (Å²) in [5.74, 6) is 0.237. The zero-order valence-corrected chi connectivity index (χ0v) is 36.7. The lowest BCUT2D eigenvalue weighted by Gasteiger charge is -2.64. The Labute approximate surface area is 370 Å². The Morgan fingerprint density at radius 1 is 0.841 bits per heavy atom. The smallest absolute Gasteiger partial charge is 0.416 e. The van der Waals surface area contributed by atoms with Gasteiger partial charge in [0, 0.05) is 35.5 Å². The first-order valence-corrected chi connectivity index (χ1v) is 21.8. The number of hydrogen-bond acceptors (Lipinski definition) is 8. The van der Waals surface area contributed by atoms with Gasteiger partial charge in [0.25, 0.3) is 0 Å². The van der Waals surface area contributed by atoms with Gasteiger partial charge in [-0.05, 0) is 135 Å². The molecule has 2 aromatic rings. The van der Waals surface area contributed by atoms with Crippen molar-refractivity contribution >= 4 is 35.5 Å². The second-order valence-electron chi connectivity index (χ2n) is 18.5. The van der Waals surface area contributed by atoms with Crippen LogP contribution in [0.25, 0.3) is 0 Å². The fraction of sp³-hybridized carbons (Fsp3) is 0.644. The number of alkyl halides is 6. The third-order valence-electron chi connectivity index (χ3n) is 15.3. The van der Waals surface area contributed by atoms with Gasteiger partial charge in [-0.25, -0.2) is 9.59 Å². The lowest BCUT2D eigenvalue weighted by Crippen LogP contribution is -3.00. The summed E-state index contributed by atoms with van der Waals surface area (Å²) in [6.45, 7) is 8.20. The number of fused-ring (bicyclic) bond motifs is 5. The molecule has 4 aliphatic carbocycles. The number of esters is 1. The van der Waals surface area contributed by atoms with Gasteiger partial charge >= 0.3 is 36.5 Å². The third-order valence-corrected chi connectivity index (χ3v) is 15.3. The number of carbonyl (C=O) groups excluding carboxylic acids is 3. The summed E-state index contributed by atoms with van der Waals surface area (Å²) in [7, 11) is 1.34. The molecule has 5 N–H and O–H groups in total. The number of halogens is 7. The molecule has 0 spiro atoms. The molecular weight excluding hydrogens is 856 g/mol. The zero-order chi connectivity index (χ0) is 44.6. The topological polar surface area (TPSA) is 141 Å². The molecule has 4 fully saturated rings. The summed E-state index contributed by atoms with van der Waals surface area (Å²) >= 11 is 0. The van der Waals surface area contributed by atoms with E-state index in [0.717, 1.165) is 81.8 Å². The van der Waals surface area contributed by atoms with E-state index in [2.05, 4.69) is 47.0 Å². The predicted octanol–water partition coefficient (Wildman–Crippen LogP) is 5.12. The van der Waals surface area contributed by atoms with E-state index >= 15 is 0 Å². The van der Waals surface area contributed by atoms with E-state index in [9.17, 15) is 40.7 Å². The highest BCUT2D eigenvalue weighted by molar-refractivity contribution is 5.85. The van der Waals surface area contributed by atoms with Crippen LogP contribution in [0.1, 0.15) is 96.1 Å². The predicted molar refractivity (Wildman–Crippen MR) is 217 cm³/mol. The van der Waals surface area contributed by atoms with Gasteiger partial charge in [0.15, 0.2) is 0 Å². The Hall–Kier alpha value is -4.41. The number of rotatable bonds is 9. The molecule has 63 heavy (non-hydrogen) atoms. The standard InChI is InChI=1S/C45H57F6N5O6.ClH/c1-25(6-17-37(57)60-4)32-15-16-33-38-34(24-36(43(32,33)3)62-41(59)56-30-13-9-27(10-14-30)45(49,50)51)42(2)19-18-31(54-39-52-20-5-21-53-39)22-28(42)23-35(38)61-40(58)55-29-11-7-26(8-12-29)44(46,47)48;/h7-14,25,28,31-36,38H,5-6,15-24H2,1-4H3,(H,55,58)(H,56,59)(H2,52,53,54);1H/t25-,28?,31-,32-,33+,34+,35-,36+,38+,42+,43-;/m1./s1. The number of guanidine groups is 1. The lowest BCUT2D eigenvalue weighted by atomic mass is 9.43. The molecule has 0 aromatic heterocycles. The van der Waals surface area contributed by atoms with Gasteiger partial charge in [-0.2, -0.15) is 26.3 Å². The van der Waals surface area contributed by atoms with Gasteiger partial charge < -0.3 is 26.6 Å². The van der Waals surface area contributed by atoms with Gasteiger partial charge in [-0.15, -0.1) is 0 Å². The van der Waals surface area contributed by atoms with E-state index in [-0.39, 0.29) is 83.1 Å². The molecule has 18 heteroatoms. The average Bonchev–Trinajstić information content (AvgIpc) is 3.58. The Bertz CT molecular complexity index is 1970. The fourth-order valence-electron chi connectivity index (χ4n) is 12.1. The van der Waals surface area contributed by atoms with Crippen molar-refractivity contribution in [1.29, 1.82) is 0 Å². The molecule has 0 bridgehead atoms. The van der Waals surface area contributed by atoms with Crippen LogP contribution in [0.2, 0.25) is 0 Å². The fourth-order valence-corrected chi connectivity index (χ4v) is 12.1. The van der Waals surface area contributed by atoms with E-state index < -0.39 is 53.3 Å². The van der Waals surface area contributed by atoms with Crippen molar-refractivity contribution in [1.82, 2.24) is 10.6 Å². The van der Waals surface area contributed by atoms with Crippen molar-refractivity contribution in [2.75, 3.05) is 30.8 Å². The number of hydrogen-bond donors (Lipinski definition) is 5. The maximum Gasteiger partial charge on any atom is 0.416 e. The monoisotopic (exact) mass is 913 g/mol. The van der Waals surface area contributed by atoms with Crippen molar-refractivity contribution in [2.24, 2.45) is 46.3 Å². The summed E-state index contributed by atoms with van der Waals surface area (Å²) in [5.41, 5.74) is -2.31. The second kappa shape index (κ2) is 19.0. The Morgan fingerprint density at radius 3 is 2.00 bits per heavy atom. The highest BCUT2D eigenvalue weighted by Crippen LogP contribution is 2.69. The summed E-state index contributed by atoms with van der Waals surface area (Å²) in [4.78, 5) is 43.4. The SMILES string of the molecule is COC(=O)CC[C@@H](C)[C@H]1CC[C@H]2[C@@H]3[C@H](OC(=O)Nc4ccc(C(F)(F)F)cc4)CC4C[C@H](NC5=[NH+]CCCN5)CC[C@]4(C)[C@H]3C[C@H](OC(=O)Nc3ccc(C(F)(F)F)cc3)[C@]12C.[Cl-]. The van der Waals surface area contributed by atoms with Crippen molar-refractivity contribution in [3.63, 3.8) is 0 Å². The van der Waals surface area contributed by atoms with E-state index in [1.54, 1.807) is 0 Å². The minimum absolute atomic E-state index is 0. The van der Waals surface area contributed by atoms with Crippen LogP contribution in [0.5, 0.6) is 0 Å². The van der Waals surface area contributed by atoms with Crippen LogP contribution in [-0.2, 0) is 31.4 Å². The molecule has 7 rings (SSSR count). The molecule has 0 radical (unpaired) electrons. The third kappa shape index (κ3) is 10.3. The molecule has 1 aliphatic heterocycles. The van der Waals surface area contributed by atoms with Crippen LogP contribution >= 0.6 is 0 Å². The molecule has 1 heterocycles. The largest absolute Gasteiger partial charge is 1.00 e. The molecule has 2 amide bonds. The molecular formula is C45H58ClF6N5O6. The quantitative estimate of drug-likeness (QED) is 0.133. The van der Waals surface area contributed by atoms with Crippen molar-refractivity contribution in [2.45, 2.75) is 116 Å². The molecule has 4 saturated carbocycles. The number of carbonyl (C=O) groups is 3. The first kappa shape index (κ1) is 48.1. The minimum Gasteiger partial charge on any atom is -1.00 e. The summed E-state index contributed by atoms with van der Waals surface area (Å²) in [6, 6.07) is 8.49. The zero-order valence-electron chi connectivity index (χ0n) is 35.9. The van der Waals surface area contributed by atoms with Crippen molar-refractivity contribution in [3.05, 3.63) is 59.7 Å². The van der Waals surface area contributed by atoms with Crippen LogP contribution in [0.4, 0.5) is 47.3 Å². The Morgan fingerprint density at radius 2 is 1.44 bits per heavy atom. The molecule has 0 saturated heterocycles. The van der Waals surface area contributed by atoms with E-state index in [1.165, 1.54) is 31.4 Å². The average molecular weight is 914 g/mol. The number of nitrogens with one attached hydrogen (secondary N) is 5. The number of anilines is 2. The number of methoxy groups -OCH3 is 1. The van der Waals surface area contributed by atoms with Crippen molar-refractivity contribution < 1.29 is 72.3 Å². The maximum atomic E-state index is 13.9. The van der Waals surface area contributed by atoms with E-state index in [1.807, 2.05) is 0 Å². The molecule has 2 aromatic carbocycles. The molecule has 1 unspecified atom stereocenters. The van der Waals surface area contributed by atoms with Crippen LogP contribution in [0, 0.1) is 46.3 Å². The first-order chi connectivity index (χ1) is 29.3. The van der Waals surface area contributed by atoms with Crippen LogP contribution in [0.3, 0.4) is 0 Å². The number of ether oxygens (including phenoxy) is 3.